The third-order valence-corrected chi connectivity index (χ3v) is 4.96. The number of hydrogen-bond acceptors (Lipinski definition) is 2. The number of aromatic hydroxyl groups is 1. The molecule has 0 saturated carbocycles. The second-order valence-electron chi connectivity index (χ2n) is 7.21. The summed E-state index contributed by atoms with van der Waals surface area (Å²) in [5, 5.41) is 12.8. The average Bonchev–Trinajstić information content (AvgIpc) is 3.00. The maximum atomic E-state index is 14.8. The van der Waals surface area contributed by atoms with E-state index in [0.717, 1.165) is 11.1 Å². The van der Waals surface area contributed by atoms with Crippen LogP contribution < -0.4 is 5.32 Å². The molecule has 1 aliphatic rings. The zero-order valence-electron chi connectivity index (χ0n) is 16.0. The molecule has 0 atom stereocenters. The van der Waals surface area contributed by atoms with Crippen LogP contribution in [0, 0.1) is 5.82 Å². The maximum absolute atomic E-state index is 14.8. The Morgan fingerprint density at radius 2 is 1.69 bits per heavy atom. The number of para-hydroxylation sites is 1. The van der Waals surface area contributed by atoms with Crippen molar-refractivity contribution in [2.75, 3.05) is 5.32 Å². The van der Waals surface area contributed by atoms with Gasteiger partial charge >= 0.3 is 0 Å². The van der Waals surface area contributed by atoms with E-state index in [4.69, 9.17) is 0 Å². The summed E-state index contributed by atoms with van der Waals surface area (Å²) in [5.41, 5.74) is 5.33. The highest BCUT2D eigenvalue weighted by atomic mass is 19.1. The molecule has 0 saturated heterocycles. The van der Waals surface area contributed by atoms with Gasteiger partial charge in [-0.3, -0.25) is 4.79 Å². The molecule has 144 valence electrons. The van der Waals surface area contributed by atoms with Crippen LogP contribution >= 0.6 is 0 Å². The lowest BCUT2D eigenvalue weighted by Gasteiger charge is -2.09. The number of phenols is 1. The lowest BCUT2D eigenvalue weighted by molar-refractivity contribution is -0.110. The van der Waals surface area contributed by atoms with Gasteiger partial charge in [-0.15, -0.1) is 0 Å². The summed E-state index contributed by atoms with van der Waals surface area (Å²) in [6.45, 7) is 5.76. The Morgan fingerprint density at radius 1 is 1.03 bits per heavy atom. The predicted molar refractivity (Wildman–Crippen MR) is 115 cm³/mol. The summed E-state index contributed by atoms with van der Waals surface area (Å²) < 4.78 is 14.8. The second kappa shape index (κ2) is 7.40. The maximum Gasteiger partial charge on any atom is 0.256 e. The predicted octanol–water partition coefficient (Wildman–Crippen LogP) is 6.17. The summed E-state index contributed by atoms with van der Waals surface area (Å²) in [5.74, 6) is -0.436. The fourth-order valence-corrected chi connectivity index (χ4v) is 3.46. The lowest BCUT2D eigenvalue weighted by Crippen LogP contribution is -2.03. The van der Waals surface area contributed by atoms with Gasteiger partial charge in [-0.05, 0) is 42.7 Å². The fourth-order valence-electron chi connectivity index (χ4n) is 3.46. The minimum absolute atomic E-state index is 0.195. The van der Waals surface area contributed by atoms with Crippen molar-refractivity contribution in [1.82, 2.24) is 0 Å². The van der Waals surface area contributed by atoms with Gasteiger partial charge in [0, 0.05) is 22.3 Å². The van der Waals surface area contributed by atoms with Crippen molar-refractivity contribution in [3.63, 3.8) is 0 Å². The Morgan fingerprint density at radius 3 is 2.34 bits per heavy atom. The van der Waals surface area contributed by atoms with E-state index < -0.39 is 5.82 Å². The van der Waals surface area contributed by atoms with Crippen LogP contribution in [-0.4, -0.2) is 11.0 Å². The van der Waals surface area contributed by atoms with Gasteiger partial charge in [-0.1, -0.05) is 60.7 Å². The number of allylic oxidation sites excluding steroid dienone is 2. The molecule has 3 aromatic rings. The lowest BCUT2D eigenvalue weighted by atomic mass is 9.96. The van der Waals surface area contributed by atoms with Gasteiger partial charge in [0.2, 0.25) is 0 Å². The van der Waals surface area contributed by atoms with E-state index in [2.05, 4.69) is 11.9 Å². The van der Waals surface area contributed by atoms with E-state index in [-0.39, 0.29) is 11.7 Å². The topological polar surface area (TPSA) is 49.3 Å². The second-order valence-corrected chi connectivity index (χ2v) is 7.21. The summed E-state index contributed by atoms with van der Waals surface area (Å²) in [6, 6.07) is 17.5. The van der Waals surface area contributed by atoms with E-state index in [0.29, 0.717) is 39.9 Å². The molecule has 3 nitrogen and oxygen atoms in total. The number of halogens is 1. The van der Waals surface area contributed by atoms with Gasteiger partial charge < -0.3 is 10.4 Å². The van der Waals surface area contributed by atoms with Crippen molar-refractivity contribution in [3.8, 4) is 28.0 Å². The molecule has 4 rings (SSSR count). The van der Waals surface area contributed by atoms with Crippen LogP contribution in [-0.2, 0) is 4.79 Å². The number of carbonyl (C=O) groups is 1. The average molecular weight is 385 g/mol. The molecule has 1 heterocycles. The molecule has 0 unspecified atom stereocenters. The molecule has 4 heteroatoms. The summed E-state index contributed by atoms with van der Waals surface area (Å²) >= 11 is 0. The first-order chi connectivity index (χ1) is 13.9. The van der Waals surface area contributed by atoms with Crippen LogP contribution in [0.25, 0.3) is 27.8 Å². The Hall–Kier alpha value is -3.66. The first-order valence-corrected chi connectivity index (χ1v) is 9.32. The van der Waals surface area contributed by atoms with Gasteiger partial charge in [0.05, 0.1) is 5.69 Å². The Kier molecular flexibility index (Phi) is 4.77. The molecule has 0 radical (unpaired) electrons. The van der Waals surface area contributed by atoms with Crippen molar-refractivity contribution in [1.29, 1.82) is 0 Å². The number of fused-ring (bicyclic) bond motifs is 1. The van der Waals surface area contributed by atoms with Gasteiger partial charge in [0.15, 0.2) is 0 Å². The third-order valence-electron chi connectivity index (χ3n) is 4.96. The monoisotopic (exact) mass is 385 g/mol. The molecular formula is C25H20FNO2. The summed E-state index contributed by atoms with van der Waals surface area (Å²) in [6.07, 6.45) is 2.41. The van der Waals surface area contributed by atoms with Crippen LogP contribution in [0.5, 0.6) is 5.75 Å². The standard InChI is InChI=1S/C25H20FNO2/c1-15(2)7-12-19-21-13-20(22(26)14-23(21)27-25(19)29)17-10-8-16(9-11-17)18-5-3-4-6-24(18)28/h3-6,8-14,28H,1,7H2,2H3,(H,27,29)/b19-12-. The Bertz CT molecular complexity index is 1160. The van der Waals surface area contributed by atoms with Gasteiger partial charge in [-0.2, -0.15) is 0 Å². The zero-order chi connectivity index (χ0) is 20.5. The fraction of sp³-hybridized carbons (Fsp3) is 0.0800. The SMILES string of the molecule is C=C(C)C/C=C1\C(=O)Nc2cc(F)c(-c3ccc(-c4ccccc4O)cc3)cc21. The number of carbonyl (C=O) groups excluding carboxylic acids is 1. The van der Waals surface area contributed by atoms with Crippen LogP contribution in [0.2, 0.25) is 0 Å². The van der Waals surface area contributed by atoms with Crippen LogP contribution in [0.3, 0.4) is 0 Å². The normalized spacial score (nSPS) is 14.0. The molecule has 0 spiro atoms. The molecule has 29 heavy (non-hydrogen) atoms. The first kappa shape index (κ1) is 18.7. The summed E-state index contributed by atoms with van der Waals surface area (Å²) in [7, 11) is 0. The number of rotatable bonds is 4. The largest absolute Gasteiger partial charge is 0.507 e. The van der Waals surface area contributed by atoms with Gasteiger partial charge in [0.1, 0.15) is 11.6 Å². The molecule has 0 bridgehead atoms. The first-order valence-electron chi connectivity index (χ1n) is 9.32. The molecule has 0 fully saturated rings. The van der Waals surface area contributed by atoms with Gasteiger partial charge in [-0.25, -0.2) is 4.39 Å². The summed E-state index contributed by atoms with van der Waals surface area (Å²) in [4.78, 5) is 12.3. The Balaban J connectivity index is 1.73. The highest BCUT2D eigenvalue weighted by molar-refractivity contribution is 6.31. The van der Waals surface area contributed by atoms with Crippen LogP contribution in [0.15, 0.2) is 78.9 Å². The van der Waals surface area contributed by atoms with Crippen molar-refractivity contribution >= 4 is 17.2 Å². The third kappa shape index (κ3) is 3.57. The number of hydrogen-bond donors (Lipinski definition) is 2. The van der Waals surface area contributed by atoms with Crippen molar-refractivity contribution < 1.29 is 14.3 Å². The molecule has 3 aromatic carbocycles. The molecule has 1 aliphatic heterocycles. The van der Waals surface area contributed by atoms with Crippen molar-refractivity contribution in [2.24, 2.45) is 0 Å². The van der Waals surface area contributed by atoms with E-state index >= 15 is 0 Å². The highest BCUT2D eigenvalue weighted by Gasteiger charge is 2.26. The number of nitrogens with one attached hydrogen (secondary N) is 1. The highest BCUT2D eigenvalue weighted by Crippen LogP contribution is 2.38. The van der Waals surface area contributed by atoms with E-state index in [1.165, 1.54) is 6.07 Å². The quantitative estimate of drug-likeness (QED) is 0.417. The minimum Gasteiger partial charge on any atom is -0.507 e. The molecular weight excluding hydrogens is 365 g/mol. The molecule has 0 aromatic heterocycles. The van der Waals surface area contributed by atoms with E-state index in [1.54, 1.807) is 18.2 Å². The minimum atomic E-state index is -0.402. The van der Waals surface area contributed by atoms with Gasteiger partial charge in [0.25, 0.3) is 5.91 Å². The van der Waals surface area contributed by atoms with Crippen LogP contribution in [0.1, 0.15) is 18.9 Å². The molecule has 2 N–H and O–H groups in total. The Labute approximate surface area is 168 Å². The van der Waals surface area contributed by atoms with Crippen LogP contribution in [0.4, 0.5) is 10.1 Å². The smallest absolute Gasteiger partial charge is 0.256 e. The number of amides is 1. The zero-order valence-corrected chi connectivity index (χ0v) is 16.0. The molecule has 0 aliphatic carbocycles. The van der Waals surface area contributed by atoms with E-state index in [9.17, 15) is 14.3 Å². The van der Waals surface area contributed by atoms with Crippen molar-refractivity contribution in [3.05, 3.63) is 90.3 Å². The van der Waals surface area contributed by atoms with Crippen molar-refractivity contribution in [2.45, 2.75) is 13.3 Å². The number of anilines is 1. The number of phenolic OH excluding ortho intramolecular Hbond substituents is 1. The van der Waals surface area contributed by atoms with E-state index in [1.807, 2.05) is 49.4 Å². The molecule has 1 amide bonds. The number of benzene rings is 3.